The number of nitrogens with zero attached hydrogens (tertiary/aromatic N) is 1. The van der Waals surface area contributed by atoms with Crippen LogP contribution in [0.5, 0.6) is 0 Å². The summed E-state index contributed by atoms with van der Waals surface area (Å²) in [7, 11) is 0. The zero-order valence-electron chi connectivity index (χ0n) is 15.7. The molecular formula is C20H27FN2O3S. The van der Waals surface area contributed by atoms with Crippen LogP contribution >= 0.6 is 11.8 Å². The van der Waals surface area contributed by atoms with E-state index in [1.807, 2.05) is 11.2 Å². The highest BCUT2D eigenvalue weighted by atomic mass is 32.2. The van der Waals surface area contributed by atoms with Gasteiger partial charge in [-0.05, 0) is 44.1 Å². The number of halogens is 1. The molecule has 148 valence electrons. The van der Waals surface area contributed by atoms with Gasteiger partial charge in [-0.2, -0.15) is 11.8 Å². The summed E-state index contributed by atoms with van der Waals surface area (Å²) in [6.45, 7) is 1.86. The molecule has 2 saturated heterocycles. The highest BCUT2D eigenvalue weighted by Gasteiger charge is 2.43. The van der Waals surface area contributed by atoms with Crippen molar-refractivity contribution < 1.29 is 18.7 Å². The molecule has 0 aromatic heterocycles. The third-order valence-electron chi connectivity index (χ3n) is 5.49. The Bertz CT molecular complexity index is 677. The summed E-state index contributed by atoms with van der Waals surface area (Å²) < 4.78 is 19.9. The molecule has 7 heteroatoms. The second-order valence-corrected chi connectivity index (χ2v) is 8.26. The molecule has 1 aromatic rings. The maximum atomic E-state index is 13.7. The number of ether oxygens (including phenoxy) is 1. The smallest absolute Gasteiger partial charge is 0.254 e. The third-order valence-corrected chi connectivity index (χ3v) is 6.11. The minimum Gasteiger partial charge on any atom is -0.370 e. The fraction of sp³-hybridized carbons (Fsp3) is 0.600. The predicted octanol–water partition coefficient (Wildman–Crippen LogP) is 2.85. The van der Waals surface area contributed by atoms with E-state index < -0.39 is 11.7 Å². The van der Waals surface area contributed by atoms with Crippen molar-refractivity contribution in [3.8, 4) is 0 Å². The Morgan fingerprint density at radius 1 is 1.30 bits per heavy atom. The number of rotatable bonds is 6. The van der Waals surface area contributed by atoms with E-state index in [0.717, 1.165) is 44.5 Å². The second kappa shape index (κ2) is 9.06. The van der Waals surface area contributed by atoms with Gasteiger partial charge < -0.3 is 15.0 Å². The van der Waals surface area contributed by atoms with Crippen LogP contribution in [0.3, 0.4) is 0 Å². The summed E-state index contributed by atoms with van der Waals surface area (Å²) in [5, 5.41) is 2.78. The number of carbonyl (C=O) groups excluding carboxylic acids is 2. The zero-order chi connectivity index (χ0) is 19.3. The van der Waals surface area contributed by atoms with E-state index in [1.54, 1.807) is 23.9 Å². The molecule has 0 radical (unpaired) electrons. The number of carbonyl (C=O) groups is 2. The van der Waals surface area contributed by atoms with Gasteiger partial charge in [-0.3, -0.25) is 9.59 Å². The normalized spacial score (nSPS) is 21.4. The van der Waals surface area contributed by atoms with Crippen molar-refractivity contribution in [2.45, 2.75) is 43.8 Å². The highest BCUT2D eigenvalue weighted by molar-refractivity contribution is 7.98. The number of likely N-dealkylation sites (tertiary alicyclic amines) is 1. The van der Waals surface area contributed by atoms with Gasteiger partial charge >= 0.3 is 0 Å². The first-order valence-electron chi connectivity index (χ1n) is 9.50. The Balaban J connectivity index is 1.45. The average Bonchev–Trinajstić information content (AvgIpc) is 3.07. The molecule has 0 aliphatic carbocycles. The van der Waals surface area contributed by atoms with Crippen LogP contribution in [-0.4, -0.2) is 60.1 Å². The molecule has 5 nitrogen and oxygen atoms in total. The molecule has 1 N–H and O–H groups in total. The van der Waals surface area contributed by atoms with E-state index in [0.29, 0.717) is 13.0 Å². The fourth-order valence-corrected chi connectivity index (χ4v) is 4.24. The van der Waals surface area contributed by atoms with Gasteiger partial charge in [0.05, 0.1) is 17.3 Å². The van der Waals surface area contributed by atoms with Gasteiger partial charge in [-0.1, -0.05) is 12.1 Å². The molecule has 2 amide bonds. The number of nitrogens with one attached hydrogen (secondary N) is 1. The van der Waals surface area contributed by atoms with Gasteiger partial charge in [0.2, 0.25) is 5.91 Å². The lowest BCUT2D eigenvalue weighted by molar-refractivity contribution is -0.137. The summed E-state index contributed by atoms with van der Waals surface area (Å²) in [5.41, 5.74) is -0.119. The molecule has 3 rings (SSSR count). The molecule has 0 saturated carbocycles. The van der Waals surface area contributed by atoms with Gasteiger partial charge in [-0.15, -0.1) is 0 Å². The molecule has 27 heavy (non-hydrogen) atoms. The predicted molar refractivity (Wildman–Crippen MR) is 104 cm³/mol. The highest BCUT2D eigenvalue weighted by Crippen LogP contribution is 2.38. The first-order chi connectivity index (χ1) is 13.0. The summed E-state index contributed by atoms with van der Waals surface area (Å²) in [6.07, 6.45) is 6.05. The standard InChI is InChI=1S/C20H27FN2O3S/c1-27-13-7-18(24)23-11-9-20(10-12-23)8-6-15(26-20)14-22-19(25)16-4-2-3-5-17(16)21/h2-5,15H,6-14H2,1H3,(H,22,25)/t15-/m1/s1. The average molecular weight is 395 g/mol. The SMILES string of the molecule is CSCCC(=O)N1CCC2(CC[C@H](CNC(=O)c3ccccc3F)O2)CC1. The lowest BCUT2D eigenvalue weighted by Crippen LogP contribution is -2.47. The maximum absolute atomic E-state index is 13.7. The lowest BCUT2D eigenvalue weighted by Gasteiger charge is -2.39. The molecule has 2 aliphatic rings. The number of amides is 2. The topological polar surface area (TPSA) is 58.6 Å². The molecule has 2 fully saturated rings. The van der Waals surface area contributed by atoms with Gasteiger partial charge in [0.25, 0.3) is 5.91 Å². The van der Waals surface area contributed by atoms with Crippen LogP contribution in [0.4, 0.5) is 4.39 Å². The van der Waals surface area contributed by atoms with E-state index in [2.05, 4.69) is 5.32 Å². The van der Waals surface area contributed by atoms with Crippen molar-refractivity contribution in [3.63, 3.8) is 0 Å². The Morgan fingerprint density at radius 2 is 2.04 bits per heavy atom. The van der Waals surface area contributed by atoms with Gasteiger partial charge in [0.1, 0.15) is 5.82 Å². The van der Waals surface area contributed by atoms with Crippen molar-refractivity contribution in [1.82, 2.24) is 10.2 Å². The Kier molecular flexibility index (Phi) is 6.76. The molecule has 0 unspecified atom stereocenters. The zero-order valence-corrected chi connectivity index (χ0v) is 16.5. The quantitative estimate of drug-likeness (QED) is 0.806. The number of benzene rings is 1. The lowest BCUT2D eigenvalue weighted by atomic mass is 9.88. The molecule has 0 bridgehead atoms. The van der Waals surface area contributed by atoms with Crippen LogP contribution in [0, 0.1) is 5.82 Å². The van der Waals surface area contributed by atoms with Crippen molar-refractivity contribution in [1.29, 1.82) is 0 Å². The molecular weight excluding hydrogens is 367 g/mol. The third kappa shape index (κ3) is 5.02. The second-order valence-electron chi connectivity index (χ2n) is 7.28. The van der Waals surface area contributed by atoms with Crippen molar-refractivity contribution in [3.05, 3.63) is 35.6 Å². The van der Waals surface area contributed by atoms with Crippen LogP contribution in [0.1, 0.15) is 42.5 Å². The monoisotopic (exact) mass is 394 g/mol. The molecule has 1 aromatic carbocycles. The van der Waals surface area contributed by atoms with Crippen LogP contribution < -0.4 is 5.32 Å². The summed E-state index contributed by atoms with van der Waals surface area (Å²) in [6, 6.07) is 5.97. The number of hydrogen-bond donors (Lipinski definition) is 1. The van der Waals surface area contributed by atoms with Gasteiger partial charge in [-0.25, -0.2) is 4.39 Å². The number of piperidine rings is 1. The summed E-state index contributed by atoms with van der Waals surface area (Å²) in [4.78, 5) is 26.2. The fourth-order valence-electron chi connectivity index (χ4n) is 3.87. The first kappa shape index (κ1) is 20.1. The summed E-state index contributed by atoms with van der Waals surface area (Å²) >= 11 is 1.69. The van der Waals surface area contributed by atoms with E-state index in [1.165, 1.54) is 12.1 Å². The largest absolute Gasteiger partial charge is 0.370 e. The van der Waals surface area contributed by atoms with E-state index in [9.17, 15) is 14.0 Å². The van der Waals surface area contributed by atoms with Crippen LogP contribution in [0.2, 0.25) is 0 Å². The summed E-state index contributed by atoms with van der Waals surface area (Å²) in [5.74, 6) is 0.163. The number of thioether (sulfide) groups is 1. The Morgan fingerprint density at radius 3 is 2.74 bits per heavy atom. The van der Waals surface area contributed by atoms with Crippen LogP contribution in [0.25, 0.3) is 0 Å². The van der Waals surface area contributed by atoms with Crippen LogP contribution in [-0.2, 0) is 9.53 Å². The molecule has 1 atom stereocenters. The minimum atomic E-state index is -0.516. The molecule has 2 heterocycles. The van der Waals surface area contributed by atoms with Crippen molar-refractivity contribution >= 4 is 23.6 Å². The minimum absolute atomic E-state index is 0.0560. The molecule has 1 spiro atoms. The van der Waals surface area contributed by atoms with E-state index >= 15 is 0 Å². The van der Waals surface area contributed by atoms with E-state index in [-0.39, 0.29) is 23.2 Å². The maximum Gasteiger partial charge on any atom is 0.254 e. The Labute approximate surface area is 164 Å². The van der Waals surface area contributed by atoms with Crippen molar-refractivity contribution in [2.24, 2.45) is 0 Å². The van der Waals surface area contributed by atoms with Gasteiger partial charge in [0, 0.05) is 31.8 Å². The first-order valence-corrected chi connectivity index (χ1v) is 10.9. The van der Waals surface area contributed by atoms with Crippen molar-refractivity contribution in [2.75, 3.05) is 31.6 Å². The molecule has 2 aliphatic heterocycles. The number of hydrogen-bond acceptors (Lipinski definition) is 4. The van der Waals surface area contributed by atoms with Gasteiger partial charge in [0.15, 0.2) is 0 Å². The van der Waals surface area contributed by atoms with Crippen LogP contribution in [0.15, 0.2) is 24.3 Å². The van der Waals surface area contributed by atoms with E-state index in [4.69, 9.17) is 4.74 Å². The Hall–Kier alpha value is -1.60.